The smallest absolute Gasteiger partial charge is 0.164 e. The molecule has 0 saturated carbocycles. The van der Waals surface area contributed by atoms with Gasteiger partial charge in [0.25, 0.3) is 0 Å². The van der Waals surface area contributed by atoms with Gasteiger partial charge in [0, 0.05) is 44.1 Å². The van der Waals surface area contributed by atoms with Crippen molar-refractivity contribution < 1.29 is 0 Å². The number of rotatable bonds is 5. The monoisotopic (exact) mass is 716 g/mol. The van der Waals surface area contributed by atoms with Gasteiger partial charge in [0.1, 0.15) is 0 Å². The van der Waals surface area contributed by atoms with Gasteiger partial charge in [-0.05, 0) is 81.1 Å². The molecule has 4 heteroatoms. The third-order valence-electron chi connectivity index (χ3n) is 11.6. The van der Waals surface area contributed by atoms with Crippen LogP contribution in [0, 0.1) is 0 Å². The van der Waals surface area contributed by atoms with Gasteiger partial charge in [-0.1, -0.05) is 153 Å². The lowest BCUT2D eigenvalue weighted by atomic mass is 9.81. The van der Waals surface area contributed by atoms with Gasteiger partial charge in [-0.15, -0.1) is 0 Å². The van der Waals surface area contributed by atoms with Crippen LogP contribution in [0.25, 0.3) is 94.7 Å². The summed E-state index contributed by atoms with van der Waals surface area (Å²) < 4.78 is 2.45. The molecule has 0 aliphatic heterocycles. The minimum atomic E-state index is -0.107. The molecule has 11 rings (SSSR count). The second-order valence-corrected chi connectivity index (χ2v) is 15.2. The average molecular weight is 717 g/mol. The van der Waals surface area contributed by atoms with E-state index in [0.29, 0.717) is 17.5 Å². The van der Waals surface area contributed by atoms with Crippen LogP contribution in [0.3, 0.4) is 0 Å². The van der Waals surface area contributed by atoms with E-state index < -0.39 is 0 Å². The van der Waals surface area contributed by atoms with E-state index in [2.05, 4.69) is 140 Å². The van der Waals surface area contributed by atoms with Crippen molar-refractivity contribution in [3.63, 3.8) is 0 Å². The Labute approximate surface area is 325 Å². The Kier molecular flexibility index (Phi) is 7.17. The molecule has 1 aliphatic carbocycles. The van der Waals surface area contributed by atoms with Crippen molar-refractivity contribution in [1.29, 1.82) is 0 Å². The Morgan fingerprint density at radius 2 is 0.946 bits per heavy atom. The van der Waals surface area contributed by atoms with E-state index in [4.69, 9.17) is 15.0 Å². The Morgan fingerprint density at radius 3 is 1.64 bits per heavy atom. The highest BCUT2D eigenvalue weighted by Gasteiger charge is 2.35. The molecule has 2 aromatic heterocycles. The number of para-hydroxylation sites is 1. The van der Waals surface area contributed by atoms with Crippen molar-refractivity contribution in [2.75, 3.05) is 0 Å². The molecule has 0 amide bonds. The molecule has 8 aromatic carbocycles. The SMILES string of the molecule is CC1(C)c2ccccc2-c2ccc(-c3c4ccccc4cc4c5ccccc5n(-c5ccc(-c6nc(-c7ccccc7)nc(-c7ccccc7)n6)cc5)c34)cc21. The summed E-state index contributed by atoms with van der Waals surface area (Å²) >= 11 is 0. The maximum Gasteiger partial charge on any atom is 0.164 e. The fourth-order valence-corrected chi connectivity index (χ4v) is 8.91. The number of hydrogen-bond acceptors (Lipinski definition) is 3. The van der Waals surface area contributed by atoms with Crippen LogP contribution in [-0.4, -0.2) is 19.5 Å². The lowest BCUT2D eigenvalue weighted by molar-refractivity contribution is 0.660. The van der Waals surface area contributed by atoms with Gasteiger partial charge >= 0.3 is 0 Å². The van der Waals surface area contributed by atoms with Gasteiger partial charge in [0.15, 0.2) is 17.5 Å². The fraction of sp³-hybridized carbons (Fsp3) is 0.0577. The number of fused-ring (bicyclic) bond motifs is 7. The zero-order chi connectivity index (χ0) is 37.4. The van der Waals surface area contributed by atoms with Gasteiger partial charge in [0.05, 0.1) is 11.0 Å². The number of benzene rings is 8. The minimum absolute atomic E-state index is 0.107. The maximum atomic E-state index is 5.01. The van der Waals surface area contributed by atoms with Crippen molar-refractivity contribution in [3.05, 3.63) is 193 Å². The highest BCUT2D eigenvalue weighted by molar-refractivity contribution is 6.21. The molecule has 0 N–H and O–H groups in total. The van der Waals surface area contributed by atoms with Gasteiger partial charge in [0.2, 0.25) is 0 Å². The fourth-order valence-electron chi connectivity index (χ4n) is 8.91. The van der Waals surface area contributed by atoms with Crippen LogP contribution < -0.4 is 0 Å². The Bertz CT molecular complexity index is 3080. The number of aromatic nitrogens is 4. The summed E-state index contributed by atoms with van der Waals surface area (Å²) in [6, 6.07) is 64.9. The van der Waals surface area contributed by atoms with E-state index in [1.54, 1.807) is 0 Å². The van der Waals surface area contributed by atoms with Gasteiger partial charge in [-0.3, -0.25) is 0 Å². The second-order valence-electron chi connectivity index (χ2n) is 15.2. The first-order valence-corrected chi connectivity index (χ1v) is 19.2. The molecule has 4 nitrogen and oxygen atoms in total. The van der Waals surface area contributed by atoms with Crippen molar-refractivity contribution in [2.24, 2.45) is 0 Å². The third-order valence-corrected chi connectivity index (χ3v) is 11.6. The lowest BCUT2D eigenvalue weighted by Crippen LogP contribution is -2.14. The summed E-state index contributed by atoms with van der Waals surface area (Å²) in [6.07, 6.45) is 0. The zero-order valence-corrected chi connectivity index (χ0v) is 31.1. The molecule has 56 heavy (non-hydrogen) atoms. The quantitative estimate of drug-likeness (QED) is 0.178. The minimum Gasteiger partial charge on any atom is -0.309 e. The normalized spacial score (nSPS) is 13.0. The molecule has 0 bridgehead atoms. The third kappa shape index (κ3) is 4.96. The first-order valence-electron chi connectivity index (χ1n) is 19.2. The summed E-state index contributed by atoms with van der Waals surface area (Å²) in [6.45, 7) is 4.72. The van der Waals surface area contributed by atoms with Crippen LogP contribution in [-0.2, 0) is 5.41 Å². The number of nitrogens with zero attached hydrogens (tertiary/aromatic N) is 4. The van der Waals surface area contributed by atoms with Crippen molar-refractivity contribution >= 4 is 32.6 Å². The van der Waals surface area contributed by atoms with Crippen molar-refractivity contribution in [2.45, 2.75) is 19.3 Å². The second kappa shape index (κ2) is 12.4. The van der Waals surface area contributed by atoms with Crippen LogP contribution in [0.15, 0.2) is 182 Å². The Hall–Kier alpha value is -7.17. The standard InChI is InChI=1S/C52H36N4/c1-52(2)44-23-13-11-21-40(44)41-30-27-37(32-45(41)52)47-39-20-10-9-19-36(39)31-43-42-22-12-14-24-46(42)56(48(43)47)38-28-25-35(26-29-38)51-54-49(33-15-5-3-6-16-33)53-50(55-51)34-17-7-4-8-18-34/h3-32H,1-2H3. The molecular formula is C52H36N4. The lowest BCUT2D eigenvalue weighted by Gasteiger charge is -2.22. The number of hydrogen-bond donors (Lipinski definition) is 0. The van der Waals surface area contributed by atoms with E-state index >= 15 is 0 Å². The van der Waals surface area contributed by atoms with E-state index in [-0.39, 0.29) is 5.41 Å². The topological polar surface area (TPSA) is 43.6 Å². The molecule has 0 saturated heterocycles. The molecule has 2 heterocycles. The highest BCUT2D eigenvalue weighted by atomic mass is 15.0. The molecule has 0 atom stereocenters. The average Bonchev–Trinajstić information content (AvgIpc) is 3.71. The van der Waals surface area contributed by atoms with Crippen molar-refractivity contribution in [3.8, 4) is 62.1 Å². The largest absolute Gasteiger partial charge is 0.309 e. The summed E-state index contributed by atoms with van der Waals surface area (Å²) in [5.74, 6) is 1.94. The van der Waals surface area contributed by atoms with Crippen LogP contribution in [0.1, 0.15) is 25.0 Å². The van der Waals surface area contributed by atoms with E-state index in [9.17, 15) is 0 Å². The molecular weight excluding hydrogens is 681 g/mol. The first kappa shape index (κ1) is 32.3. The van der Waals surface area contributed by atoms with Crippen molar-refractivity contribution in [1.82, 2.24) is 19.5 Å². The van der Waals surface area contributed by atoms with Crippen LogP contribution >= 0.6 is 0 Å². The molecule has 0 spiro atoms. The zero-order valence-electron chi connectivity index (χ0n) is 31.1. The molecule has 264 valence electrons. The summed E-state index contributed by atoms with van der Waals surface area (Å²) in [5.41, 5.74) is 14.0. The van der Waals surface area contributed by atoms with Gasteiger partial charge in [-0.25, -0.2) is 15.0 Å². The predicted molar refractivity (Wildman–Crippen MR) is 231 cm³/mol. The summed E-state index contributed by atoms with van der Waals surface area (Å²) in [4.78, 5) is 14.9. The van der Waals surface area contributed by atoms with Gasteiger partial charge < -0.3 is 4.57 Å². The van der Waals surface area contributed by atoms with E-state index in [1.807, 2.05) is 60.7 Å². The summed E-state index contributed by atoms with van der Waals surface area (Å²) in [7, 11) is 0. The first-order chi connectivity index (χ1) is 27.5. The molecule has 0 unspecified atom stereocenters. The Balaban J connectivity index is 1.12. The molecule has 1 aliphatic rings. The van der Waals surface area contributed by atoms with Gasteiger partial charge in [-0.2, -0.15) is 0 Å². The highest BCUT2D eigenvalue weighted by Crippen LogP contribution is 2.51. The molecule has 0 fully saturated rings. The van der Waals surface area contributed by atoms with Crippen LogP contribution in [0.2, 0.25) is 0 Å². The summed E-state index contributed by atoms with van der Waals surface area (Å²) in [5, 5.41) is 4.93. The predicted octanol–water partition coefficient (Wildman–Crippen LogP) is 13.1. The maximum absolute atomic E-state index is 5.01. The van der Waals surface area contributed by atoms with Crippen LogP contribution in [0.4, 0.5) is 0 Å². The van der Waals surface area contributed by atoms with E-state index in [0.717, 1.165) is 22.4 Å². The van der Waals surface area contributed by atoms with Crippen LogP contribution in [0.5, 0.6) is 0 Å². The Morgan fingerprint density at radius 1 is 0.411 bits per heavy atom. The molecule has 0 radical (unpaired) electrons. The van der Waals surface area contributed by atoms with E-state index in [1.165, 1.54) is 66.0 Å². The molecule has 10 aromatic rings.